The fourth-order valence-electron chi connectivity index (χ4n) is 2.70. The molecule has 1 aliphatic rings. The standard InChI is InChI=1S/C16H16N6O/c1-10-4-6-17-13(8-10)15(11-2-3-11)18-16(23)12-5-7-22-14(9-12)19-20-21-22/h4-9,11,15H,2-3H2,1H3,(H,18,23). The van der Waals surface area contributed by atoms with E-state index in [1.54, 1.807) is 24.5 Å². The molecule has 3 heterocycles. The summed E-state index contributed by atoms with van der Waals surface area (Å²) in [5.74, 6) is 0.336. The van der Waals surface area contributed by atoms with Crippen molar-refractivity contribution in [1.29, 1.82) is 0 Å². The Hall–Kier alpha value is -2.83. The number of rotatable bonds is 4. The van der Waals surface area contributed by atoms with Gasteiger partial charge in [-0.25, -0.2) is 4.52 Å². The molecule has 1 saturated carbocycles. The number of carbonyl (C=O) groups is 1. The Kier molecular flexibility index (Phi) is 3.25. The third-order valence-corrected chi connectivity index (χ3v) is 4.10. The van der Waals surface area contributed by atoms with E-state index in [4.69, 9.17) is 0 Å². The molecule has 1 aliphatic carbocycles. The molecule has 0 aliphatic heterocycles. The number of nitrogens with one attached hydrogen (secondary N) is 1. The number of tetrazole rings is 1. The Morgan fingerprint density at radius 1 is 1.35 bits per heavy atom. The summed E-state index contributed by atoms with van der Waals surface area (Å²) in [5.41, 5.74) is 3.16. The number of hydrogen-bond donors (Lipinski definition) is 1. The predicted octanol–water partition coefficient (Wildman–Crippen LogP) is 1.71. The van der Waals surface area contributed by atoms with E-state index in [0.29, 0.717) is 17.1 Å². The molecule has 0 bridgehead atoms. The lowest BCUT2D eigenvalue weighted by Crippen LogP contribution is -2.30. The van der Waals surface area contributed by atoms with Crippen LogP contribution in [-0.2, 0) is 0 Å². The van der Waals surface area contributed by atoms with E-state index < -0.39 is 0 Å². The molecule has 1 atom stereocenters. The molecule has 23 heavy (non-hydrogen) atoms. The maximum atomic E-state index is 12.6. The summed E-state index contributed by atoms with van der Waals surface area (Å²) in [4.78, 5) is 17.0. The Labute approximate surface area is 132 Å². The van der Waals surface area contributed by atoms with Crippen LogP contribution in [0.2, 0.25) is 0 Å². The van der Waals surface area contributed by atoms with Crippen LogP contribution in [0.25, 0.3) is 5.65 Å². The quantitative estimate of drug-likeness (QED) is 0.793. The molecule has 1 N–H and O–H groups in total. The zero-order chi connectivity index (χ0) is 15.8. The number of fused-ring (bicyclic) bond motifs is 1. The van der Waals surface area contributed by atoms with Gasteiger partial charge in [-0.1, -0.05) is 0 Å². The number of hydrogen-bond acceptors (Lipinski definition) is 5. The van der Waals surface area contributed by atoms with E-state index in [1.165, 1.54) is 4.52 Å². The largest absolute Gasteiger partial charge is 0.343 e. The van der Waals surface area contributed by atoms with Crippen molar-refractivity contribution in [2.24, 2.45) is 5.92 Å². The summed E-state index contributed by atoms with van der Waals surface area (Å²) in [5, 5.41) is 14.4. The van der Waals surface area contributed by atoms with Crippen molar-refractivity contribution in [3.8, 4) is 0 Å². The Morgan fingerprint density at radius 3 is 3.00 bits per heavy atom. The summed E-state index contributed by atoms with van der Waals surface area (Å²) < 4.78 is 1.53. The Morgan fingerprint density at radius 2 is 2.22 bits per heavy atom. The third kappa shape index (κ3) is 2.77. The minimum absolute atomic E-state index is 0.0466. The van der Waals surface area contributed by atoms with Crippen molar-refractivity contribution < 1.29 is 4.79 Å². The van der Waals surface area contributed by atoms with Gasteiger partial charge in [0.05, 0.1) is 11.7 Å². The van der Waals surface area contributed by atoms with Crippen molar-refractivity contribution in [2.75, 3.05) is 0 Å². The molecule has 0 saturated heterocycles. The average Bonchev–Trinajstić information content (AvgIpc) is 3.28. The molecule has 7 heteroatoms. The van der Waals surface area contributed by atoms with Crippen molar-refractivity contribution >= 4 is 11.6 Å². The first-order chi connectivity index (χ1) is 11.2. The van der Waals surface area contributed by atoms with E-state index in [-0.39, 0.29) is 11.9 Å². The molecular weight excluding hydrogens is 292 g/mol. The zero-order valence-corrected chi connectivity index (χ0v) is 12.7. The summed E-state index contributed by atoms with van der Waals surface area (Å²) >= 11 is 0. The predicted molar refractivity (Wildman–Crippen MR) is 82.7 cm³/mol. The van der Waals surface area contributed by atoms with Gasteiger partial charge in [-0.2, -0.15) is 0 Å². The summed E-state index contributed by atoms with van der Waals surface area (Å²) in [7, 11) is 0. The minimum Gasteiger partial charge on any atom is -0.343 e. The Bertz CT molecular complexity index is 870. The van der Waals surface area contributed by atoms with Gasteiger partial charge in [0.1, 0.15) is 0 Å². The first kappa shape index (κ1) is 13.8. The van der Waals surface area contributed by atoms with E-state index in [1.807, 2.05) is 19.1 Å². The van der Waals surface area contributed by atoms with Gasteiger partial charge in [-0.05, 0) is 65.9 Å². The van der Waals surface area contributed by atoms with Crippen LogP contribution in [0.4, 0.5) is 0 Å². The van der Waals surface area contributed by atoms with E-state index >= 15 is 0 Å². The smallest absolute Gasteiger partial charge is 0.252 e. The second kappa shape index (κ2) is 5.42. The molecule has 3 aromatic heterocycles. The SMILES string of the molecule is Cc1ccnc(C(NC(=O)c2ccn3nnnc3c2)C2CC2)c1. The first-order valence-electron chi connectivity index (χ1n) is 7.62. The fourth-order valence-corrected chi connectivity index (χ4v) is 2.70. The lowest BCUT2D eigenvalue weighted by molar-refractivity contribution is 0.0930. The van der Waals surface area contributed by atoms with Gasteiger partial charge in [0, 0.05) is 18.0 Å². The highest BCUT2D eigenvalue weighted by atomic mass is 16.1. The highest BCUT2D eigenvalue weighted by molar-refractivity contribution is 5.95. The molecule has 116 valence electrons. The number of aryl methyl sites for hydroxylation is 1. The number of amides is 1. The molecule has 7 nitrogen and oxygen atoms in total. The van der Waals surface area contributed by atoms with Gasteiger partial charge in [0.2, 0.25) is 0 Å². The summed E-state index contributed by atoms with van der Waals surface area (Å²) in [6, 6.07) is 7.35. The number of nitrogens with zero attached hydrogens (tertiary/aromatic N) is 5. The number of aromatic nitrogens is 5. The van der Waals surface area contributed by atoms with Crippen LogP contribution >= 0.6 is 0 Å². The van der Waals surface area contributed by atoms with Crippen LogP contribution in [0.15, 0.2) is 36.7 Å². The molecule has 4 rings (SSSR count). The summed E-state index contributed by atoms with van der Waals surface area (Å²) in [6.07, 6.45) is 5.71. The van der Waals surface area contributed by atoms with Crippen LogP contribution in [0.1, 0.15) is 40.5 Å². The zero-order valence-electron chi connectivity index (χ0n) is 12.7. The van der Waals surface area contributed by atoms with Crippen LogP contribution < -0.4 is 5.32 Å². The topological polar surface area (TPSA) is 85.1 Å². The highest BCUT2D eigenvalue weighted by Gasteiger charge is 2.34. The fraction of sp³-hybridized carbons (Fsp3) is 0.312. The van der Waals surface area contributed by atoms with Crippen molar-refractivity contribution in [3.63, 3.8) is 0 Å². The van der Waals surface area contributed by atoms with Crippen LogP contribution in [-0.4, -0.2) is 30.9 Å². The van der Waals surface area contributed by atoms with Crippen LogP contribution in [0.5, 0.6) is 0 Å². The lowest BCUT2D eigenvalue weighted by Gasteiger charge is -2.18. The molecular formula is C16H16N6O. The van der Waals surface area contributed by atoms with Gasteiger partial charge in [-0.3, -0.25) is 9.78 Å². The number of pyridine rings is 2. The second-order valence-corrected chi connectivity index (χ2v) is 5.94. The van der Waals surface area contributed by atoms with Crippen LogP contribution in [0, 0.1) is 12.8 Å². The van der Waals surface area contributed by atoms with Gasteiger partial charge in [-0.15, -0.1) is 5.10 Å². The molecule has 1 unspecified atom stereocenters. The average molecular weight is 308 g/mol. The maximum Gasteiger partial charge on any atom is 0.252 e. The van der Waals surface area contributed by atoms with E-state index in [0.717, 1.165) is 24.1 Å². The highest BCUT2D eigenvalue weighted by Crippen LogP contribution is 2.40. The van der Waals surface area contributed by atoms with Crippen molar-refractivity contribution in [2.45, 2.75) is 25.8 Å². The summed E-state index contributed by atoms with van der Waals surface area (Å²) in [6.45, 7) is 2.03. The maximum absolute atomic E-state index is 12.6. The monoisotopic (exact) mass is 308 g/mol. The third-order valence-electron chi connectivity index (χ3n) is 4.10. The Balaban J connectivity index is 1.60. The molecule has 0 aromatic carbocycles. The first-order valence-corrected chi connectivity index (χ1v) is 7.62. The molecule has 0 spiro atoms. The van der Waals surface area contributed by atoms with Gasteiger partial charge < -0.3 is 5.32 Å². The molecule has 0 radical (unpaired) electrons. The second-order valence-electron chi connectivity index (χ2n) is 5.94. The van der Waals surface area contributed by atoms with E-state index in [2.05, 4.69) is 25.8 Å². The van der Waals surface area contributed by atoms with Crippen molar-refractivity contribution in [3.05, 3.63) is 53.5 Å². The van der Waals surface area contributed by atoms with Crippen molar-refractivity contribution in [1.82, 2.24) is 30.3 Å². The van der Waals surface area contributed by atoms with Crippen LogP contribution in [0.3, 0.4) is 0 Å². The normalized spacial score (nSPS) is 15.5. The molecule has 1 fully saturated rings. The van der Waals surface area contributed by atoms with Gasteiger partial charge in [0.25, 0.3) is 5.91 Å². The van der Waals surface area contributed by atoms with E-state index in [9.17, 15) is 4.79 Å². The molecule has 3 aromatic rings. The molecule has 1 amide bonds. The lowest BCUT2D eigenvalue weighted by atomic mass is 10.1. The van der Waals surface area contributed by atoms with Gasteiger partial charge in [0.15, 0.2) is 5.65 Å². The van der Waals surface area contributed by atoms with Gasteiger partial charge >= 0.3 is 0 Å². The minimum atomic E-state index is -0.129. The number of carbonyl (C=O) groups excluding carboxylic acids is 1.